The van der Waals surface area contributed by atoms with Gasteiger partial charge in [-0.3, -0.25) is 9.59 Å². The Kier molecular flexibility index (Phi) is 3.06. The molecule has 1 aliphatic heterocycles. The van der Waals surface area contributed by atoms with Gasteiger partial charge in [0.25, 0.3) is 0 Å². The van der Waals surface area contributed by atoms with Crippen LogP contribution < -0.4 is 5.32 Å². The van der Waals surface area contributed by atoms with Crippen molar-refractivity contribution in [2.24, 2.45) is 0 Å². The second-order valence-electron chi connectivity index (χ2n) is 2.83. The smallest absolute Gasteiger partial charge is 0.320 e. The normalized spacial score (nSPS) is 19.0. The Labute approximate surface area is 80.7 Å². The maximum atomic E-state index is 11.3. The fourth-order valence-corrected chi connectivity index (χ4v) is 2.28. The first-order valence-corrected chi connectivity index (χ1v) is 5.49. The monoisotopic (exact) mass is 222 g/mol. The van der Waals surface area contributed by atoms with E-state index in [4.69, 9.17) is 5.11 Å². The molecule has 2 N–H and O–H groups in total. The van der Waals surface area contributed by atoms with Crippen molar-refractivity contribution in [3.63, 3.8) is 0 Å². The van der Waals surface area contributed by atoms with Crippen LogP contribution in [-0.2, 0) is 19.6 Å². The lowest BCUT2D eigenvalue weighted by Crippen LogP contribution is -2.51. The fourth-order valence-electron chi connectivity index (χ4n) is 1.10. The van der Waals surface area contributed by atoms with Crippen LogP contribution in [0.15, 0.2) is 0 Å². The van der Waals surface area contributed by atoms with Crippen molar-refractivity contribution in [3.05, 3.63) is 0 Å². The van der Waals surface area contributed by atoms with E-state index in [9.17, 15) is 18.0 Å². The highest BCUT2D eigenvalue weighted by Crippen LogP contribution is 2.03. The van der Waals surface area contributed by atoms with Crippen LogP contribution in [-0.4, -0.2) is 55.1 Å². The van der Waals surface area contributed by atoms with E-state index in [2.05, 4.69) is 5.32 Å². The Balaban J connectivity index is 2.71. The number of hydrogen-bond donors (Lipinski definition) is 2. The quantitative estimate of drug-likeness (QED) is 0.565. The summed E-state index contributed by atoms with van der Waals surface area (Å²) in [6.45, 7) is 0.0502. The molecular formula is C6H10N2O5S. The maximum absolute atomic E-state index is 11.3. The Morgan fingerprint density at radius 2 is 2.21 bits per heavy atom. The van der Waals surface area contributed by atoms with Gasteiger partial charge in [0.1, 0.15) is 0 Å². The van der Waals surface area contributed by atoms with Crippen molar-refractivity contribution in [1.82, 2.24) is 9.62 Å². The number of nitrogens with one attached hydrogen (secondary N) is 1. The van der Waals surface area contributed by atoms with Crippen molar-refractivity contribution < 1.29 is 23.1 Å². The molecule has 0 aliphatic carbocycles. The minimum atomic E-state index is -3.84. The number of amides is 1. The summed E-state index contributed by atoms with van der Waals surface area (Å²) in [7, 11) is -3.84. The molecule has 14 heavy (non-hydrogen) atoms. The molecule has 0 aromatic carbocycles. The summed E-state index contributed by atoms with van der Waals surface area (Å²) in [6, 6.07) is 0. The molecule has 1 saturated heterocycles. The van der Waals surface area contributed by atoms with Gasteiger partial charge in [0.15, 0.2) is 5.75 Å². The molecule has 1 amide bonds. The molecule has 7 nitrogen and oxygen atoms in total. The largest absolute Gasteiger partial charge is 0.480 e. The number of carbonyl (C=O) groups excluding carboxylic acids is 1. The average Bonchev–Trinajstić information content (AvgIpc) is 2.01. The van der Waals surface area contributed by atoms with E-state index in [0.717, 1.165) is 4.31 Å². The summed E-state index contributed by atoms with van der Waals surface area (Å²) >= 11 is 0. The van der Waals surface area contributed by atoms with Gasteiger partial charge in [0.2, 0.25) is 15.9 Å². The van der Waals surface area contributed by atoms with E-state index < -0.39 is 27.7 Å². The zero-order valence-corrected chi connectivity index (χ0v) is 8.08. The van der Waals surface area contributed by atoms with Crippen molar-refractivity contribution in [3.8, 4) is 0 Å². The third-order valence-electron chi connectivity index (χ3n) is 1.70. The van der Waals surface area contributed by atoms with Gasteiger partial charge in [-0.05, 0) is 0 Å². The number of carbonyl (C=O) groups is 2. The minimum absolute atomic E-state index is 0.126. The third-order valence-corrected chi connectivity index (χ3v) is 3.41. The van der Waals surface area contributed by atoms with E-state index in [-0.39, 0.29) is 19.6 Å². The molecule has 1 rings (SSSR count). The van der Waals surface area contributed by atoms with Crippen LogP contribution in [0.5, 0.6) is 0 Å². The summed E-state index contributed by atoms with van der Waals surface area (Å²) in [5.41, 5.74) is 0. The van der Waals surface area contributed by atoms with E-state index in [1.54, 1.807) is 0 Å². The number of carboxylic acid groups (broad SMARTS) is 1. The first-order valence-electron chi connectivity index (χ1n) is 3.88. The first kappa shape index (κ1) is 10.9. The molecule has 0 unspecified atom stereocenters. The number of rotatable bonds is 3. The van der Waals surface area contributed by atoms with Gasteiger partial charge in [-0.15, -0.1) is 0 Å². The number of sulfonamides is 1. The van der Waals surface area contributed by atoms with Gasteiger partial charge in [0, 0.05) is 13.1 Å². The third kappa shape index (κ3) is 2.67. The number of carboxylic acids is 1. The molecule has 0 spiro atoms. The second kappa shape index (κ2) is 3.93. The predicted molar refractivity (Wildman–Crippen MR) is 46.0 cm³/mol. The van der Waals surface area contributed by atoms with E-state index >= 15 is 0 Å². The summed E-state index contributed by atoms with van der Waals surface area (Å²) in [4.78, 5) is 21.1. The number of hydrogen-bond acceptors (Lipinski definition) is 4. The lowest BCUT2D eigenvalue weighted by molar-refractivity contribution is -0.134. The van der Waals surface area contributed by atoms with E-state index in [0.29, 0.717) is 0 Å². The minimum Gasteiger partial charge on any atom is -0.480 e. The highest BCUT2D eigenvalue weighted by Gasteiger charge is 2.29. The lowest BCUT2D eigenvalue weighted by atomic mass is 10.4. The molecule has 1 fully saturated rings. The van der Waals surface area contributed by atoms with Crippen molar-refractivity contribution in [2.75, 3.05) is 25.4 Å². The highest BCUT2D eigenvalue weighted by atomic mass is 32.2. The van der Waals surface area contributed by atoms with Crippen molar-refractivity contribution in [1.29, 1.82) is 0 Å². The van der Waals surface area contributed by atoms with Gasteiger partial charge in [-0.2, -0.15) is 4.31 Å². The lowest BCUT2D eigenvalue weighted by Gasteiger charge is -2.24. The number of nitrogens with zero attached hydrogens (tertiary/aromatic N) is 1. The summed E-state index contributed by atoms with van der Waals surface area (Å²) in [5, 5.41) is 10.8. The molecule has 8 heteroatoms. The molecule has 80 valence electrons. The maximum Gasteiger partial charge on any atom is 0.320 e. The van der Waals surface area contributed by atoms with Crippen LogP contribution in [0, 0.1) is 0 Å². The van der Waals surface area contributed by atoms with Crippen LogP contribution in [0.4, 0.5) is 0 Å². The van der Waals surface area contributed by atoms with Crippen LogP contribution in [0.3, 0.4) is 0 Å². The van der Waals surface area contributed by atoms with Crippen LogP contribution in [0.2, 0.25) is 0 Å². The van der Waals surface area contributed by atoms with Crippen LogP contribution in [0.25, 0.3) is 0 Å². The van der Waals surface area contributed by atoms with Crippen molar-refractivity contribution >= 4 is 21.9 Å². The first-order chi connectivity index (χ1) is 6.42. The number of piperazine rings is 1. The molecule has 1 heterocycles. The van der Waals surface area contributed by atoms with E-state index in [1.165, 1.54) is 0 Å². The summed E-state index contributed by atoms with van der Waals surface area (Å²) in [5.74, 6) is -2.80. The molecule has 0 atom stereocenters. The summed E-state index contributed by atoms with van der Waals surface area (Å²) < 4.78 is 23.5. The van der Waals surface area contributed by atoms with Crippen LogP contribution >= 0.6 is 0 Å². The fraction of sp³-hybridized carbons (Fsp3) is 0.667. The zero-order valence-electron chi connectivity index (χ0n) is 7.26. The Hall–Kier alpha value is -1.15. The second-order valence-corrected chi connectivity index (χ2v) is 4.80. The Morgan fingerprint density at radius 3 is 2.71 bits per heavy atom. The molecule has 0 aromatic rings. The van der Waals surface area contributed by atoms with Crippen LogP contribution in [0.1, 0.15) is 0 Å². The van der Waals surface area contributed by atoms with Gasteiger partial charge in [0.05, 0.1) is 6.54 Å². The molecule has 0 aromatic heterocycles. The van der Waals surface area contributed by atoms with Gasteiger partial charge in [-0.25, -0.2) is 8.42 Å². The predicted octanol–water partition coefficient (Wildman–Crippen LogP) is -2.17. The summed E-state index contributed by atoms with van der Waals surface area (Å²) in [6.07, 6.45) is 0. The number of aliphatic carboxylic acids is 1. The topological polar surface area (TPSA) is 104 Å². The standard InChI is InChI=1S/C6H10N2O5S/c9-5-3-8(2-1-7-5)14(12,13)4-6(10)11/h1-4H2,(H,7,9)(H,10,11). The Morgan fingerprint density at radius 1 is 1.57 bits per heavy atom. The molecule has 0 bridgehead atoms. The van der Waals surface area contributed by atoms with Gasteiger partial charge < -0.3 is 10.4 Å². The zero-order chi connectivity index (χ0) is 10.8. The highest BCUT2D eigenvalue weighted by molar-refractivity contribution is 7.89. The molecular weight excluding hydrogens is 212 g/mol. The van der Waals surface area contributed by atoms with Crippen molar-refractivity contribution in [2.45, 2.75) is 0 Å². The van der Waals surface area contributed by atoms with Gasteiger partial charge >= 0.3 is 5.97 Å². The molecule has 0 saturated carbocycles. The van der Waals surface area contributed by atoms with Gasteiger partial charge in [-0.1, -0.05) is 0 Å². The van der Waals surface area contributed by atoms with E-state index in [1.807, 2.05) is 0 Å². The Bertz CT molecular complexity index is 349. The SMILES string of the molecule is O=C(O)CS(=O)(=O)N1CCNC(=O)C1. The molecule has 0 radical (unpaired) electrons. The average molecular weight is 222 g/mol. The molecule has 1 aliphatic rings.